The van der Waals surface area contributed by atoms with E-state index in [1.165, 1.54) is 12.1 Å². The summed E-state index contributed by atoms with van der Waals surface area (Å²) in [6, 6.07) is 14.4. The monoisotopic (exact) mass is 284 g/mol. The van der Waals surface area contributed by atoms with Gasteiger partial charge >= 0.3 is 6.03 Å². The van der Waals surface area contributed by atoms with Gasteiger partial charge < -0.3 is 5.32 Å². The number of carbonyl (C=O) groups excluding carboxylic acids is 2. The Bertz CT molecular complexity index is 685. The third-order valence-electron chi connectivity index (χ3n) is 3.59. The first-order valence-corrected chi connectivity index (χ1v) is 6.54. The lowest BCUT2D eigenvalue weighted by Crippen LogP contribution is -2.45. The van der Waals surface area contributed by atoms with Gasteiger partial charge in [-0.05, 0) is 23.3 Å². The van der Waals surface area contributed by atoms with Crippen LogP contribution in [0.4, 0.5) is 9.18 Å². The first-order chi connectivity index (χ1) is 10.1. The van der Waals surface area contributed by atoms with Crippen LogP contribution >= 0.6 is 0 Å². The maximum absolute atomic E-state index is 13.0. The van der Waals surface area contributed by atoms with Crippen LogP contribution in [0.1, 0.15) is 11.1 Å². The fourth-order valence-corrected chi connectivity index (χ4v) is 2.55. The van der Waals surface area contributed by atoms with Crippen LogP contribution in [0, 0.1) is 5.82 Å². The average molecular weight is 284 g/mol. The van der Waals surface area contributed by atoms with Gasteiger partial charge in [0.05, 0.1) is 0 Å². The molecule has 3 rings (SSSR count). The molecule has 0 aliphatic carbocycles. The molecule has 1 aliphatic heterocycles. The van der Waals surface area contributed by atoms with Crippen molar-refractivity contribution in [2.75, 3.05) is 0 Å². The van der Waals surface area contributed by atoms with E-state index < -0.39 is 17.5 Å². The Morgan fingerprint density at radius 1 is 0.952 bits per heavy atom. The normalized spacial score (nSPS) is 21.0. The zero-order valence-electron chi connectivity index (χ0n) is 11.1. The minimum atomic E-state index is -1.16. The molecule has 3 amide bonds. The fourth-order valence-electron chi connectivity index (χ4n) is 2.55. The predicted octanol–water partition coefficient (Wildman–Crippen LogP) is 2.10. The molecule has 1 aliphatic rings. The number of rotatable bonds is 3. The highest BCUT2D eigenvalue weighted by molar-refractivity contribution is 6.07. The Morgan fingerprint density at radius 3 is 2.19 bits per heavy atom. The Kier molecular flexibility index (Phi) is 3.17. The van der Waals surface area contributed by atoms with Crippen molar-refractivity contribution in [1.82, 2.24) is 10.6 Å². The minimum absolute atomic E-state index is 0.259. The third-order valence-corrected chi connectivity index (χ3v) is 3.59. The molecule has 1 unspecified atom stereocenters. The van der Waals surface area contributed by atoms with E-state index in [-0.39, 0.29) is 12.2 Å². The van der Waals surface area contributed by atoms with Gasteiger partial charge in [0.15, 0.2) is 5.54 Å². The number of imide groups is 1. The van der Waals surface area contributed by atoms with Crippen LogP contribution in [0.25, 0.3) is 0 Å². The zero-order valence-corrected chi connectivity index (χ0v) is 11.1. The lowest BCUT2D eigenvalue weighted by molar-refractivity contribution is -0.124. The average Bonchev–Trinajstić information content (AvgIpc) is 2.77. The molecule has 0 aromatic heterocycles. The first-order valence-electron chi connectivity index (χ1n) is 6.54. The first kappa shape index (κ1) is 13.3. The van der Waals surface area contributed by atoms with Crippen molar-refractivity contribution in [3.05, 3.63) is 71.5 Å². The van der Waals surface area contributed by atoms with Crippen LogP contribution in [0.5, 0.6) is 0 Å². The van der Waals surface area contributed by atoms with Gasteiger partial charge in [-0.15, -0.1) is 0 Å². The number of hydrogen-bond acceptors (Lipinski definition) is 2. The summed E-state index contributed by atoms with van der Waals surface area (Å²) in [5.41, 5.74) is 0.297. The van der Waals surface area contributed by atoms with Gasteiger partial charge in [-0.25, -0.2) is 9.18 Å². The van der Waals surface area contributed by atoms with Crippen LogP contribution < -0.4 is 10.6 Å². The fraction of sp³-hybridized carbons (Fsp3) is 0.125. The van der Waals surface area contributed by atoms with Crippen molar-refractivity contribution in [3.63, 3.8) is 0 Å². The highest BCUT2D eigenvalue weighted by atomic mass is 19.1. The molecular formula is C16H13FN2O2. The van der Waals surface area contributed by atoms with Crippen molar-refractivity contribution in [2.45, 2.75) is 12.0 Å². The third kappa shape index (κ3) is 2.38. The molecular weight excluding hydrogens is 271 g/mol. The number of hydrogen-bond donors (Lipinski definition) is 2. The molecule has 2 aromatic carbocycles. The van der Waals surface area contributed by atoms with Gasteiger partial charge in [0.2, 0.25) is 0 Å². The molecule has 21 heavy (non-hydrogen) atoms. The minimum Gasteiger partial charge on any atom is -0.319 e. The van der Waals surface area contributed by atoms with E-state index in [1.807, 2.05) is 6.07 Å². The summed E-state index contributed by atoms with van der Waals surface area (Å²) < 4.78 is 13.0. The molecule has 1 heterocycles. The molecule has 1 saturated heterocycles. The highest BCUT2D eigenvalue weighted by Crippen LogP contribution is 2.29. The Morgan fingerprint density at radius 2 is 1.62 bits per heavy atom. The SMILES string of the molecule is O=C1NC(=O)C(Cc2ccc(F)cc2)(c2ccccc2)N1. The summed E-state index contributed by atoms with van der Waals surface area (Å²) in [6.45, 7) is 0. The maximum atomic E-state index is 13.0. The molecule has 2 aromatic rings. The van der Waals surface area contributed by atoms with E-state index in [0.717, 1.165) is 5.56 Å². The number of urea groups is 1. The standard InChI is InChI=1S/C16H13FN2O2/c17-13-8-6-11(7-9-13)10-16(12-4-2-1-3-5-12)14(20)18-15(21)19-16/h1-9H,10H2,(H2,18,19,20,21). The number of nitrogens with one attached hydrogen (secondary N) is 2. The summed E-state index contributed by atoms with van der Waals surface area (Å²) in [6.07, 6.45) is 0.259. The number of halogens is 1. The van der Waals surface area contributed by atoms with E-state index in [1.54, 1.807) is 36.4 Å². The van der Waals surface area contributed by atoms with Gasteiger partial charge in [0.1, 0.15) is 5.82 Å². The molecule has 1 atom stereocenters. The van der Waals surface area contributed by atoms with Crippen LogP contribution in [-0.4, -0.2) is 11.9 Å². The summed E-state index contributed by atoms with van der Waals surface area (Å²) in [7, 11) is 0. The molecule has 2 N–H and O–H groups in total. The Labute approximate surface area is 121 Å². The smallest absolute Gasteiger partial charge is 0.319 e. The van der Waals surface area contributed by atoms with Crippen molar-refractivity contribution >= 4 is 11.9 Å². The zero-order chi connectivity index (χ0) is 14.9. The Hall–Kier alpha value is -2.69. The van der Waals surface area contributed by atoms with Gasteiger partial charge in [-0.2, -0.15) is 0 Å². The van der Waals surface area contributed by atoms with Crippen LogP contribution in [0.3, 0.4) is 0 Å². The molecule has 1 fully saturated rings. The van der Waals surface area contributed by atoms with E-state index in [4.69, 9.17) is 0 Å². The second-order valence-electron chi connectivity index (χ2n) is 4.98. The van der Waals surface area contributed by atoms with Gasteiger partial charge in [-0.3, -0.25) is 10.1 Å². The second-order valence-corrected chi connectivity index (χ2v) is 4.98. The summed E-state index contributed by atoms with van der Waals surface area (Å²) in [4.78, 5) is 23.9. The maximum Gasteiger partial charge on any atom is 0.322 e. The molecule has 0 spiro atoms. The summed E-state index contributed by atoms with van der Waals surface area (Å²) in [5.74, 6) is -0.740. The lowest BCUT2D eigenvalue weighted by atomic mass is 9.84. The van der Waals surface area contributed by atoms with E-state index in [9.17, 15) is 14.0 Å². The molecule has 0 bridgehead atoms. The molecule has 106 valence electrons. The predicted molar refractivity (Wildman–Crippen MR) is 74.9 cm³/mol. The van der Waals surface area contributed by atoms with E-state index in [0.29, 0.717) is 5.56 Å². The Balaban J connectivity index is 2.03. The number of carbonyl (C=O) groups is 2. The summed E-state index contributed by atoms with van der Waals surface area (Å²) in [5, 5.41) is 4.98. The van der Waals surface area contributed by atoms with Crippen molar-refractivity contribution in [3.8, 4) is 0 Å². The molecule has 0 saturated carbocycles. The van der Waals surface area contributed by atoms with Crippen molar-refractivity contribution < 1.29 is 14.0 Å². The van der Waals surface area contributed by atoms with Gasteiger partial charge in [0.25, 0.3) is 5.91 Å². The number of benzene rings is 2. The van der Waals surface area contributed by atoms with Crippen LogP contribution in [0.2, 0.25) is 0 Å². The largest absolute Gasteiger partial charge is 0.322 e. The second kappa shape index (κ2) is 5.01. The molecule has 0 radical (unpaired) electrons. The summed E-state index contributed by atoms with van der Waals surface area (Å²) >= 11 is 0. The van der Waals surface area contributed by atoms with E-state index in [2.05, 4.69) is 10.6 Å². The van der Waals surface area contributed by atoms with Crippen LogP contribution in [-0.2, 0) is 16.8 Å². The van der Waals surface area contributed by atoms with Crippen molar-refractivity contribution in [1.29, 1.82) is 0 Å². The topological polar surface area (TPSA) is 58.2 Å². The quantitative estimate of drug-likeness (QED) is 0.848. The van der Waals surface area contributed by atoms with Gasteiger partial charge in [-0.1, -0.05) is 42.5 Å². The van der Waals surface area contributed by atoms with E-state index >= 15 is 0 Å². The highest BCUT2D eigenvalue weighted by Gasteiger charge is 2.47. The van der Waals surface area contributed by atoms with Crippen molar-refractivity contribution in [2.24, 2.45) is 0 Å². The lowest BCUT2D eigenvalue weighted by Gasteiger charge is -2.26. The number of amides is 3. The molecule has 4 nitrogen and oxygen atoms in total. The van der Waals surface area contributed by atoms with Gasteiger partial charge in [0, 0.05) is 6.42 Å². The van der Waals surface area contributed by atoms with Crippen LogP contribution in [0.15, 0.2) is 54.6 Å². The molecule has 5 heteroatoms.